The van der Waals surface area contributed by atoms with Crippen LogP contribution in [0, 0.1) is 0 Å². The number of carbonyl (C=O) groups excluding carboxylic acids is 1. The Hall–Kier alpha value is -0.370. The van der Waals surface area contributed by atoms with Crippen LogP contribution < -0.4 is 0 Å². The van der Waals surface area contributed by atoms with E-state index < -0.39 is 0 Å². The van der Waals surface area contributed by atoms with Crippen molar-refractivity contribution in [1.82, 2.24) is 0 Å². The third kappa shape index (κ3) is 2.94. The first-order chi connectivity index (χ1) is 5.84. The minimum Gasteiger partial charge on any atom is -0.370 e. The Kier molecular flexibility index (Phi) is 4.30. The van der Waals surface area contributed by atoms with Crippen LogP contribution in [0.5, 0.6) is 0 Å². The molecule has 0 spiro atoms. The lowest BCUT2D eigenvalue weighted by Gasteiger charge is -2.21. The molecule has 12 heavy (non-hydrogen) atoms. The van der Waals surface area contributed by atoms with Crippen LogP contribution in [0.2, 0.25) is 0 Å². The van der Waals surface area contributed by atoms with Gasteiger partial charge in [-0.2, -0.15) is 0 Å². The number of ketones is 1. The van der Waals surface area contributed by atoms with E-state index in [0.717, 1.165) is 38.7 Å². The van der Waals surface area contributed by atoms with Crippen molar-refractivity contribution in [3.8, 4) is 0 Å². The van der Waals surface area contributed by atoms with Gasteiger partial charge in [0.1, 0.15) is 6.10 Å². The van der Waals surface area contributed by atoms with Crippen LogP contribution in [0.4, 0.5) is 0 Å². The van der Waals surface area contributed by atoms with E-state index in [1.54, 1.807) is 0 Å². The molecule has 2 heteroatoms. The van der Waals surface area contributed by atoms with Crippen molar-refractivity contribution in [1.29, 1.82) is 0 Å². The summed E-state index contributed by atoms with van der Waals surface area (Å²) in [5.41, 5.74) is 0. The van der Waals surface area contributed by atoms with E-state index in [0.29, 0.717) is 12.2 Å². The Morgan fingerprint density at radius 2 is 2.33 bits per heavy atom. The van der Waals surface area contributed by atoms with Gasteiger partial charge in [0.05, 0.1) is 0 Å². The Labute approximate surface area is 74.3 Å². The molecule has 0 aliphatic carbocycles. The van der Waals surface area contributed by atoms with Crippen LogP contribution in [0.25, 0.3) is 0 Å². The highest BCUT2D eigenvalue weighted by Gasteiger charge is 2.20. The van der Waals surface area contributed by atoms with Gasteiger partial charge >= 0.3 is 0 Å². The van der Waals surface area contributed by atoms with Crippen molar-refractivity contribution < 1.29 is 9.53 Å². The normalized spacial score (nSPS) is 23.9. The molecule has 0 radical (unpaired) electrons. The van der Waals surface area contributed by atoms with E-state index in [9.17, 15) is 4.79 Å². The summed E-state index contributed by atoms with van der Waals surface area (Å²) in [5, 5.41) is 0. The molecule has 1 atom stereocenters. The number of unbranched alkanes of at least 4 members (excludes halogenated alkanes) is 1. The molecule has 1 aliphatic heterocycles. The number of hydrogen-bond donors (Lipinski definition) is 0. The molecule has 1 unspecified atom stereocenters. The first kappa shape index (κ1) is 9.72. The van der Waals surface area contributed by atoms with Gasteiger partial charge in [0.25, 0.3) is 0 Å². The maximum atomic E-state index is 11.4. The molecule has 0 aromatic rings. The first-order valence-electron chi connectivity index (χ1n) is 4.99. The van der Waals surface area contributed by atoms with Crippen LogP contribution >= 0.6 is 0 Å². The quantitative estimate of drug-likeness (QED) is 0.647. The zero-order chi connectivity index (χ0) is 8.81. The minimum atomic E-state index is -0.0645. The molecular formula is C10H18O2. The number of ether oxygens (including phenoxy) is 1. The first-order valence-corrected chi connectivity index (χ1v) is 4.99. The number of rotatable bonds is 4. The third-order valence-corrected chi connectivity index (χ3v) is 2.32. The summed E-state index contributed by atoms with van der Waals surface area (Å²) in [6, 6.07) is 0. The van der Waals surface area contributed by atoms with Gasteiger partial charge in [-0.05, 0) is 25.7 Å². The summed E-state index contributed by atoms with van der Waals surface area (Å²) in [5.74, 6) is 0.316. The fourth-order valence-electron chi connectivity index (χ4n) is 1.51. The van der Waals surface area contributed by atoms with Crippen molar-refractivity contribution in [2.24, 2.45) is 0 Å². The highest BCUT2D eigenvalue weighted by Crippen LogP contribution is 2.15. The van der Waals surface area contributed by atoms with E-state index in [1.165, 1.54) is 0 Å². The van der Waals surface area contributed by atoms with Gasteiger partial charge in [0.2, 0.25) is 0 Å². The maximum absolute atomic E-state index is 11.4. The van der Waals surface area contributed by atoms with Crippen LogP contribution in [0.3, 0.4) is 0 Å². The predicted octanol–water partition coefficient (Wildman–Crippen LogP) is 2.31. The van der Waals surface area contributed by atoms with Crippen LogP contribution in [0.15, 0.2) is 0 Å². The van der Waals surface area contributed by atoms with Gasteiger partial charge in [-0.25, -0.2) is 0 Å². The molecule has 2 nitrogen and oxygen atoms in total. The van der Waals surface area contributed by atoms with Crippen LogP contribution in [0.1, 0.15) is 45.4 Å². The predicted molar refractivity (Wildman–Crippen MR) is 48.1 cm³/mol. The molecule has 0 N–H and O–H groups in total. The highest BCUT2D eigenvalue weighted by molar-refractivity contribution is 5.83. The molecule has 0 amide bonds. The average Bonchev–Trinajstić information content (AvgIpc) is 2.15. The van der Waals surface area contributed by atoms with Gasteiger partial charge in [0, 0.05) is 13.0 Å². The summed E-state index contributed by atoms with van der Waals surface area (Å²) in [7, 11) is 0. The molecule has 70 valence electrons. The summed E-state index contributed by atoms with van der Waals surface area (Å²) in [4.78, 5) is 11.4. The number of Topliss-reactive ketones (excluding diaryl/α,β-unsaturated/α-hetero) is 1. The van der Waals surface area contributed by atoms with Crippen molar-refractivity contribution in [3.05, 3.63) is 0 Å². The summed E-state index contributed by atoms with van der Waals surface area (Å²) in [6.07, 6.45) is 5.98. The smallest absolute Gasteiger partial charge is 0.161 e. The fraction of sp³-hybridized carbons (Fsp3) is 0.900. The number of carbonyl (C=O) groups is 1. The summed E-state index contributed by atoms with van der Waals surface area (Å²) in [6.45, 7) is 2.89. The van der Waals surface area contributed by atoms with E-state index in [-0.39, 0.29) is 6.10 Å². The topological polar surface area (TPSA) is 26.3 Å². The SMILES string of the molecule is CCCCC(=O)C1CCCCO1. The van der Waals surface area contributed by atoms with Gasteiger partial charge in [-0.15, -0.1) is 0 Å². The second-order valence-electron chi connectivity index (χ2n) is 3.43. The second-order valence-corrected chi connectivity index (χ2v) is 3.43. The lowest BCUT2D eigenvalue weighted by Crippen LogP contribution is -2.27. The number of hydrogen-bond acceptors (Lipinski definition) is 2. The lowest BCUT2D eigenvalue weighted by atomic mass is 10.0. The molecule has 1 saturated heterocycles. The standard InChI is InChI=1S/C10H18O2/c1-2-3-6-9(11)10-7-4-5-8-12-10/h10H,2-8H2,1H3. The molecule has 1 rings (SSSR count). The minimum absolute atomic E-state index is 0.0645. The average molecular weight is 170 g/mol. The zero-order valence-corrected chi connectivity index (χ0v) is 7.84. The highest BCUT2D eigenvalue weighted by atomic mass is 16.5. The third-order valence-electron chi connectivity index (χ3n) is 2.32. The Morgan fingerprint density at radius 3 is 2.92 bits per heavy atom. The molecule has 1 aliphatic rings. The van der Waals surface area contributed by atoms with E-state index >= 15 is 0 Å². The van der Waals surface area contributed by atoms with Crippen molar-refractivity contribution in [2.45, 2.75) is 51.6 Å². The molecule has 0 aromatic heterocycles. The monoisotopic (exact) mass is 170 g/mol. The van der Waals surface area contributed by atoms with Crippen molar-refractivity contribution in [2.75, 3.05) is 6.61 Å². The lowest BCUT2D eigenvalue weighted by molar-refractivity contribution is -0.133. The van der Waals surface area contributed by atoms with Gasteiger partial charge in [0.15, 0.2) is 5.78 Å². The summed E-state index contributed by atoms with van der Waals surface area (Å²) < 4.78 is 5.39. The van der Waals surface area contributed by atoms with Crippen LogP contribution in [-0.2, 0) is 9.53 Å². The fourth-order valence-corrected chi connectivity index (χ4v) is 1.51. The van der Waals surface area contributed by atoms with Gasteiger partial charge in [-0.1, -0.05) is 13.3 Å². The van der Waals surface area contributed by atoms with Crippen molar-refractivity contribution in [3.63, 3.8) is 0 Å². The molecular weight excluding hydrogens is 152 g/mol. The Morgan fingerprint density at radius 1 is 1.50 bits per heavy atom. The van der Waals surface area contributed by atoms with E-state index in [1.807, 2.05) is 0 Å². The van der Waals surface area contributed by atoms with E-state index in [2.05, 4.69) is 6.92 Å². The maximum Gasteiger partial charge on any atom is 0.161 e. The van der Waals surface area contributed by atoms with Gasteiger partial charge < -0.3 is 4.74 Å². The molecule has 0 saturated carbocycles. The molecule has 0 bridgehead atoms. The Balaban J connectivity index is 2.20. The van der Waals surface area contributed by atoms with Crippen molar-refractivity contribution >= 4 is 5.78 Å². The summed E-state index contributed by atoms with van der Waals surface area (Å²) >= 11 is 0. The van der Waals surface area contributed by atoms with Crippen LogP contribution in [-0.4, -0.2) is 18.5 Å². The van der Waals surface area contributed by atoms with E-state index in [4.69, 9.17) is 4.74 Å². The molecule has 1 heterocycles. The second kappa shape index (κ2) is 5.31. The molecule has 0 aromatic carbocycles. The molecule has 1 fully saturated rings. The van der Waals surface area contributed by atoms with Gasteiger partial charge in [-0.3, -0.25) is 4.79 Å². The Bertz CT molecular complexity index is 137. The zero-order valence-electron chi connectivity index (χ0n) is 7.84. The largest absolute Gasteiger partial charge is 0.370 e.